The van der Waals surface area contributed by atoms with Gasteiger partial charge in [0.1, 0.15) is 5.54 Å². The third-order valence-electron chi connectivity index (χ3n) is 4.80. The summed E-state index contributed by atoms with van der Waals surface area (Å²) < 4.78 is 0. The minimum Gasteiger partial charge on any atom is -0.481 e. The Hall–Kier alpha value is -2.12. The summed E-state index contributed by atoms with van der Waals surface area (Å²) in [6.07, 6.45) is 0.0147. The molecule has 5 unspecified atom stereocenters. The first-order valence-corrected chi connectivity index (χ1v) is 7.45. The normalized spacial score (nSPS) is 34.5. The lowest BCUT2D eigenvalue weighted by Crippen LogP contribution is -2.52. The van der Waals surface area contributed by atoms with E-state index in [1.165, 1.54) is 0 Å². The molecule has 0 saturated heterocycles. The van der Waals surface area contributed by atoms with Gasteiger partial charge in [0.25, 0.3) is 5.91 Å². The highest BCUT2D eigenvalue weighted by molar-refractivity contribution is 6.30. The van der Waals surface area contributed by atoms with Crippen LogP contribution in [0.4, 0.5) is 0 Å². The number of hydrogen-bond donors (Lipinski definition) is 4. The first-order valence-electron chi connectivity index (χ1n) is 7.07. The minimum absolute atomic E-state index is 0.0147. The van der Waals surface area contributed by atoms with E-state index in [-0.39, 0.29) is 6.42 Å². The van der Waals surface area contributed by atoms with Crippen LogP contribution in [-0.4, -0.2) is 39.6 Å². The Kier molecular flexibility index (Phi) is 3.57. The van der Waals surface area contributed by atoms with Gasteiger partial charge >= 0.3 is 11.9 Å². The number of carboxylic acids is 2. The van der Waals surface area contributed by atoms with Crippen molar-refractivity contribution >= 4 is 29.4 Å². The second-order valence-corrected chi connectivity index (χ2v) is 6.54. The highest BCUT2D eigenvalue weighted by Crippen LogP contribution is 2.61. The number of carboxylic acid groups (broad SMARTS) is 2. The molecule has 0 radical (unpaired) electrons. The molecule has 0 aliphatic heterocycles. The van der Waals surface area contributed by atoms with Gasteiger partial charge in [-0.25, -0.2) is 0 Å². The third-order valence-corrected chi connectivity index (χ3v) is 5.05. The van der Waals surface area contributed by atoms with Gasteiger partial charge in [0.15, 0.2) is 0 Å². The molecular formula is C15H15ClN2O5. The van der Waals surface area contributed by atoms with Crippen LogP contribution in [-0.2, 0) is 9.59 Å². The van der Waals surface area contributed by atoms with Gasteiger partial charge in [0, 0.05) is 22.5 Å². The molecule has 1 amide bonds. The molecule has 122 valence electrons. The topological polar surface area (TPSA) is 130 Å². The molecule has 0 spiro atoms. The fraction of sp³-hybridized carbons (Fsp3) is 0.400. The van der Waals surface area contributed by atoms with Crippen molar-refractivity contribution in [3.05, 3.63) is 34.9 Å². The van der Waals surface area contributed by atoms with E-state index in [0.29, 0.717) is 10.6 Å². The number of fused-ring (bicyclic) bond motifs is 1. The van der Waals surface area contributed by atoms with Crippen LogP contribution in [0.15, 0.2) is 24.3 Å². The summed E-state index contributed by atoms with van der Waals surface area (Å²) in [6, 6.07) is 5.63. The second-order valence-electron chi connectivity index (χ2n) is 6.10. The van der Waals surface area contributed by atoms with Gasteiger partial charge in [0.05, 0.1) is 5.92 Å². The SMILES string of the molecule is NC1(C(=O)O)CC(NC(=O)c2ccc(Cl)cc2)C2C(C(=O)O)C21. The monoisotopic (exact) mass is 338 g/mol. The number of benzene rings is 1. The molecule has 0 aromatic heterocycles. The van der Waals surface area contributed by atoms with E-state index in [2.05, 4.69) is 5.32 Å². The van der Waals surface area contributed by atoms with Crippen LogP contribution >= 0.6 is 11.6 Å². The number of halogens is 1. The van der Waals surface area contributed by atoms with Crippen molar-refractivity contribution in [1.29, 1.82) is 0 Å². The zero-order valence-corrected chi connectivity index (χ0v) is 12.7. The van der Waals surface area contributed by atoms with Crippen molar-refractivity contribution in [1.82, 2.24) is 5.32 Å². The number of rotatable bonds is 4. The number of hydrogen-bond acceptors (Lipinski definition) is 4. The molecule has 0 heterocycles. The van der Waals surface area contributed by atoms with Gasteiger partial charge in [-0.05, 0) is 36.6 Å². The predicted octanol–water partition coefficient (Wildman–Crippen LogP) is 0.571. The average molecular weight is 339 g/mol. The Morgan fingerprint density at radius 3 is 2.35 bits per heavy atom. The Morgan fingerprint density at radius 2 is 1.83 bits per heavy atom. The van der Waals surface area contributed by atoms with Crippen molar-refractivity contribution in [2.45, 2.75) is 18.0 Å². The van der Waals surface area contributed by atoms with E-state index in [1.54, 1.807) is 24.3 Å². The van der Waals surface area contributed by atoms with Crippen LogP contribution in [0.2, 0.25) is 5.02 Å². The zero-order chi connectivity index (χ0) is 16.9. The Balaban J connectivity index is 1.78. The molecule has 8 heteroatoms. The number of nitrogens with one attached hydrogen (secondary N) is 1. The van der Waals surface area contributed by atoms with Crippen molar-refractivity contribution in [2.75, 3.05) is 0 Å². The predicted molar refractivity (Wildman–Crippen MR) is 80.0 cm³/mol. The quantitative estimate of drug-likeness (QED) is 0.635. The lowest BCUT2D eigenvalue weighted by Gasteiger charge is -2.25. The summed E-state index contributed by atoms with van der Waals surface area (Å²) in [6.45, 7) is 0. The molecule has 3 rings (SSSR count). The molecule has 1 aromatic rings. The molecule has 2 fully saturated rings. The molecule has 5 N–H and O–H groups in total. The maximum absolute atomic E-state index is 12.2. The highest BCUT2D eigenvalue weighted by atomic mass is 35.5. The lowest BCUT2D eigenvalue weighted by atomic mass is 9.90. The van der Waals surface area contributed by atoms with Gasteiger partial charge in [-0.2, -0.15) is 0 Å². The van der Waals surface area contributed by atoms with E-state index < -0.39 is 47.2 Å². The van der Waals surface area contributed by atoms with Crippen LogP contribution < -0.4 is 11.1 Å². The van der Waals surface area contributed by atoms with Crippen molar-refractivity contribution in [2.24, 2.45) is 23.5 Å². The van der Waals surface area contributed by atoms with Crippen LogP contribution in [0.25, 0.3) is 0 Å². The molecular weight excluding hydrogens is 324 g/mol. The molecule has 2 aliphatic carbocycles. The summed E-state index contributed by atoms with van der Waals surface area (Å²) in [5.74, 6) is -4.67. The smallest absolute Gasteiger partial charge is 0.324 e. The molecule has 1 aromatic carbocycles. The maximum Gasteiger partial charge on any atom is 0.324 e. The van der Waals surface area contributed by atoms with Gasteiger partial charge in [0.2, 0.25) is 0 Å². The standard InChI is InChI=1S/C15H15ClN2O5/c16-7-3-1-6(2-4-7)12(19)18-8-5-15(17,14(22)23)11-9(8)10(11)13(20)21/h1-4,8-11H,5,17H2,(H,18,19)(H,20,21)(H,22,23). The van der Waals surface area contributed by atoms with Crippen molar-refractivity contribution in [3.8, 4) is 0 Å². The molecule has 23 heavy (non-hydrogen) atoms. The fourth-order valence-electron chi connectivity index (χ4n) is 3.68. The second kappa shape index (κ2) is 5.21. The van der Waals surface area contributed by atoms with Crippen molar-refractivity contribution < 1.29 is 24.6 Å². The minimum atomic E-state index is -1.62. The maximum atomic E-state index is 12.2. The number of amides is 1. The summed E-state index contributed by atoms with van der Waals surface area (Å²) in [7, 11) is 0. The fourth-order valence-corrected chi connectivity index (χ4v) is 3.81. The molecule has 2 saturated carbocycles. The summed E-state index contributed by atoms with van der Waals surface area (Å²) in [5, 5.41) is 21.7. The van der Waals surface area contributed by atoms with E-state index >= 15 is 0 Å². The highest BCUT2D eigenvalue weighted by Gasteiger charge is 2.74. The Labute approximate surface area is 136 Å². The van der Waals surface area contributed by atoms with Gasteiger partial charge in [-0.1, -0.05) is 11.6 Å². The van der Waals surface area contributed by atoms with E-state index in [9.17, 15) is 24.6 Å². The zero-order valence-electron chi connectivity index (χ0n) is 11.9. The number of nitrogens with two attached hydrogens (primary N) is 1. The summed E-state index contributed by atoms with van der Waals surface area (Å²) in [4.78, 5) is 34.9. The first-order chi connectivity index (χ1) is 10.8. The van der Waals surface area contributed by atoms with Crippen LogP contribution in [0.1, 0.15) is 16.8 Å². The van der Waals surface area contributed by atoms with Gasteiger partial charge in [-0.15, -0.1) is 0 Å². The molecule has 0 bridgehead atoms. The van der Waals surface area contributed by atoms with Crippen molar-refractivity contribution in [3.63, 3.8) is 0 Å². The largest absolute Gasteiger partial charge is 0.481 e. The Morgan fingerprint density at radius 1 is 1.22 bits per heavy atom. The molecule has 7 nitrogen and oxygen atoms in total. The van der Waals surface area contributed by atoms with E-state index in [4.69, 9.17) is 17.3 Å². The summed E-state index contributed by atoms with van der Waals surface area (Å²) in [5.41, 5.74) is 4.65. The van der Waals surface area contributed by atoms with Crippen LogP contribution in [0.3, 0.4) is 0 Å². The van der Waals surface area contributed by atoms with E-state index in [1.807, 2.05) is 0 Å². The number of aliphatic carboxylic acids is 2. The number of carbonyl (C=O) groups excluding carboxylic acids is 1. The van der Waals surface area contributed by atoms with Gasteiger partial charge < -0.3 is 21.3 Å². The van der Waals surface area contributed by atoms with Gasteiger partial charge in [-0.3, -0.25) is 14.4 Å². The van der Waals surface area contributed by atoms with Crippen LogP contribution in [0.5, 0.6) is 0 Å². The third kappa shape index (κ3) is 2.46. The summed E-state index contributed by atoms with van der Waals surface area (Å²) >= 11 is 5.76. The lowest BCUT2D eigenvalue weighted by molar-refractivity contribution is -0.145. The van der Waals surface area contributed by atoms with E-state index in [0.717, 1.165) is 0 Å². The Bertz CT molecular complexity index is 692. The van der Waals surface area contributed by atoms with Crippen LogP contribution in [0, 0.1) is 17.8 Å². The number of carbonyl (C=O) groups is 3. The first kappa shape index (κ1) is 15.8. The average Bonchev–Trinajstić information content (AvgIpc) is 3.16. The molecule has 2 aliphatic rings. The molecule has 5 atom stereocenters.